The number of hydrogen-bond acceptors (Lipinski definition) is 6. The van der Waals surface area contributed by atoms with Crippen molar-refractivity contribution in [2.45, 2.75) is 26.3 Å². The lowest BCUT2D eigenvalue weighted by atomic mass is 10.0. The van der Waals surface area contributed by atoms with E-state index in [0.717, 1.165) is 28.8 Å². The molecule has 0 saturated heterocycles. The molecule has 6 nitrogen and oxygen atoms in total. The lowest BCUT2D eigenvalue weighted by Gasteiger charge is -2.13. The fourth-order valence-electron chi connectivity index (χ4n) is 2.50. The molecule has 1 atom stereocenters. The van der Waals surface area contributed by atoms with Gasteiger partial charge >= 0.3 is 0 Å². The van der Waals surface area contributed by atoms with Gasteiger partial charge in [0.1, 0.15) is 6.04 Å². The third-order valence-corrected chi connectivity index (χ3v) is 4.94. The SMILES string of the molecule is CC/C=C/N=C/C=C(\C)c1cccc(-c2csc(NC(=O)C(COC)NC)n2)c1. The van der Waals surface area contributed by atoms with E-state index in [9.17, 15) is 4.79 Å². The van der Waals surface area contributed by atoms with Crippen molar-refractivity contribution >= 4 is 34.2 Å². The summed E-state index contributed by atoms with van der Waals surface area (Å²) in [5, 5.41) is 8.27. The number of thiazole rings is 1. The van der Waals surface area contributed by atoms with Gasteiger partial charge in [0, 0.05) is 30.5 Å². The molecular weight excluding hydrogens is 384 g/mol. The molecule has 154 valence electrons. The maximum Gasteiger partial charge on any atom is 0.245 e. The molecule has 1 amide bonds. The van der Waals surface area contributed by atoms with Crippen molar-refractivity contribution in [1.82, 2.24) is 10.3 Å². The summed E-state index contributed by atoms with van der Waals surface area (Å²) in [6.45, 7) is 4.42. The van der Waals surface area contributed by atoms with Gasteiger partial charge in [-0.05, 0) is 43.7 Å². The molecule has 0 bridgehead atoms. The monoisotopic (exact) mass is 412 g/mol. The normalized spacial score (nSPS) is 13.3. The first-order chi connectivity index (χ1) is 14.1. The van der Waals surface area contributed by atoms with Crippen LogP contribution in [0.5, 0.6) is 0 Å². The van der Waals surface area contributed by atoms with Gasteiger partial charge in [0.05, 0.1) is 12.3 Å². The molecule has 1 unspecified atom stereocenters. The van der Waals surface area contributed by atoms with Gasteiger partial charge < -0.3 is 15.4 Å². The number of anilines is 1. The zero-order chi connectivity index (χ0) is 21.1. The van der Waals surface area contributed by atoms with Crippen LogP contribution in [0.3, 0.4) is 0 Å². The van der Waals surface area contributed by atoms with Crippen LogP contribution in [0.15, 0.2) is 53.0 Å². The number of carbonyl (C=O) groups excluding carboxylic acids is 1. The summed E-state index contributed by atoms with van der Waals surface area (Å²) in [5.41, 5.74) is 4.03. The van der Waals surface area contributed by atoms with E-state index in [1.807, 2.05) is 29.7 Å². The van der Waals surface area contributed by atoms with Crippen molar-refractivity contribution < 1.29 is 9.53 Å². The summed E-state index contributed by atoms with van der Waals surface area (Å²) in [4.78, 5) is 21.1. The number of nitrogens with zero attached hydrogens (tertiary/aromatic N) is 2. The molecule has 0 saturated carbocycles. The van der Waals surface area contributed by atoms with Gasteiger partial charge in [0.15, 0.2) is 5.13 Å². The molecule has 0 aliphatic heterocycles. The average molecular weight is 413 g/mol. The lowest BCUT2D eigenvalue weighted by Crippen LogP contribution is -2.41. The van der Waals surface area contributed by atoms with E-state index in [0.29, 0.717) is 11.7 Å². The summed E-state index contributed by atoms with van der Waals surface area (Å²) in [6, 6.07) is 7.74. The Hall–Kier alpha value is -2.61. The second-order valence-electron chi connectivity index (χ2n) is 6.35. The van der Waals surface area contributed by atoms with E-state index in [4.69, 9.17) is 4.74 Å². The van der Waals surface area contributed by atoms with Crippen LogP contribution in [0, 0.1) is 0 Å². The van der Waals surface area contributed by atoms with Crippen molar-refractivity contribution in [2.75, 3.05) is 26.1 Å². The van der Waals surface area contributed by atoms with Gasteiger partial charge in [-0.1, -0.05) is 31.2 Å². The topological polar surface area (TPSA) is 75.6 Å². The highest BCUT2D eigenvalue weighted by Crippen LogP contribution is 2.27. The minimum absolute atomic E-state index is 0.167. The minimum Gasteiger partial charge on any atom is -0.383 e. The number of likely N-dealkylation sites (N-methyl/N-ethyl adjacent to an activating group) is 1. The number of amides is 1. The van der Waals surface area contributed by atoms with Crippen molar-refractivity contribution in [3.63, 3.8) is 0 Å². The van der Waals surface area contributed by atoms with Crippen molar-refractivity contribution in [3.05, 3.63) is 53.6 Å². The predicted molar refractivity (Wildman–Crippen MR) is 122 cm³/mol. The highest BCUT2D eigenvalue weighted by molar-refractivity contribution is 7.14. The number of hydrogen-bond donors (Lipinski definition) is 2. The molecule has 7 heteroatoms. The fourth-order valence-corrected chi connectivity index (χ4v) is 3.23. The number of allylic oxidation sites excluding steroid dienone is 3. The zero-order valence-electron chi connectivity index (χ0n) is 17.3. The third kappa shape index (κ3) is 7.05. The second kappa shape index (κ2) is 12.1. The van der Waals surface area contributed by atoms with E-state index in [-0.39, 0.29) is 5.91 Å². The summed E-state index contributed by atoms with van der Waals surface area (Å²) in [5.74, 6) is -0.167. The molecule has 0 fully saturated rings. The minimum atomic E-state index is -0.419. The fraction of sp³-hybridized carbons (Fsp3) is 0.318. The molecule has 2 N–H and O–H groups in total. The molecule has 1 heterocycles. The summed E-state index contributed by atoms with van der Waals surface area (Å²) in [6.07, 6.45) is 8.56. The average Bonchev–Trinajstić information content (AvgIpc) is 3.20. The Labute approximate surface area is 176 Å². The quantitative estimate of drug-likeness (QED) is 0.568. The number of benzene rings is 1. The molecule has 2 aromatic rings. The number of methoxy groups -OCH3 is 1. The molecule has 1 aromatic heterocycles. The largest absolute Gasteiger partial charge is 0.383 e. The molecule has 2 rings (SSSR count). The Balaban J connectivity index is 2.11. The highest BCUT2D eigenvalue weighted by atomic mass is 32.1. The van der Waals surface area contributed by atoms with Crippen LogP contribution in [0.25, 0.3) is 16.8 Å². The van der Waals surface area contributed by atoms with Gasteiger partial charge in [-0.3, -0.25) is 9.79 Å². The lowest BCUT2D eigenvalue weighted by molar-refractivity contribution is -0.119. The maximum atomic E-state index is 12.3. The number of nitrogens with one attached hydrogen (secondary N) is 2. The molecule has 0 spiro atoms. The smallest absolute Gasteiger partial charge is 0.245 e. The van der Waals surface area contributed by atoms with Gasteiger partial charge in [0.2, 0.25) is 5.91 Å². The second-order valence-corrected chi connectivity index (χ2v) is 7.20. The number of aromatic nitrogens is 1. The van der Waals surface area contributed by atoms with E-state index >= 15 is 0 Å². The molecule has 1 aromatic carbocycles. The van der Waals surface area contributed by atoms with E-state index in [1.165, 1.54) is 11.3 Å². The maximum absolute atomic E-state index is 12.3. The van der Waals surface area contributed by atoms with Crippen LogP contribution in [0.1, 0.15) is 25.8 Å². The number of ether oxygens (including phenoxy) is 1. The van der Waals surface area contributed by atoms with E-state index in [1.54, 1.807) is 26.6 Å². The van der Waals surface area contributed by atoms with Crippen molar-refractivity contribution in [3.8, 4) is 11.3 Å². The Morgan fingerprint density at radius 3 is 2.97 bits per heavy atom. The Morgan fingerprint density at radius 1 is 1.41 bits per heavy atom. The third-order valence-electron chi connectivity index (χ3n) is 4.18. The van der Waals surface area contributed by atoms with Gasteiger partial charge in [-0.15, -0.1) is 11.3 Å². The van der Waals surface area contributed by atoms with Crippen LogP contribution in [-0.2, 0) is 9.53 Å². The van der Waals surface area contributed by atoms with E-state index < -0.39 is 6.04 Å². The molecule has 29 heavy (non-hydrogen) atoms. The van der Waals surface area contributed by atoms with Gasteiger partial charge in [0.25, 0.3) is 0 Å². The number of aliphatic imine (C=N–C) groups is 1. The summed E-state index contributed by atoms with van der Waals surface area (Å²) >= 11 is 1.40. The highest BCUT2D eigenvalue weighted by Gasteiger charge is 2.17. The molecule has 0 aliphatic rings. The Kier molecular flexibility index (Phi) is 9.43. The van der Waals surface area contributed by atoms with Crippen LogP contribution < -0.4 is 10.6 Å². The molecular formula is C22H28N4O2S. The summed E-state index contributed by atoms with van der Waals surface area (Å²) in [7, 11) is 3.29. The molecule has 0 radical (unpaired) electrons. The first kappa shape index (κ1) is 22.7. The molecule has 0 aliphatic carbocycles. The van der Waals surface area contributed by atoms with E-state index in [2.05, 4.69) is 46.6 Å². The first-order valence-corrected chi connectivity index (χ1v) is 10.4. The van der Waals surface area contributed by atoms with Gasteiger partial charge in [-0.25, -0.2) is 4.98 Å². The Morgan fingerprint density at radius 2 is 2.24 bits per heavy atom. The standard InChI is InChI=1S/C22H28N4O2S/c1-5-6-11-24-12-10-16(2)17-8-7-9-18(13-17)20-15-29-22(25-20)26-21(27)19(23-3)14-28-4/h6-13,15,19,23H,5,14H2,1-4H3,(H,25,26,27)/b11-6+,16-10+,24-12+. The number of carbonyl (C=O) groups is 1. The van der Waals surface area contributed by atoms with Crippen LogP contribution in [0.4, 0.5) is 5.13 Å². The number of rotatable bonds is 10. The van der Waals surface area contributed by atoms with Crippen LogP contribution in [0.2, 0.25) is 0 Å². The summed E-state index contributed by atoms with van der Waals surface area (Å²) < 4.78 is 5.05. The first-order valence-electron chi connectivity index (χ1n) is 9.47. The predicted octanol–water partition coefficient (Wildman–Crippen LogP) is 4.38. The Bertz CT molecular complexity index is 886. The van der Waals surface area contributed by atoms with Crippen LogP contribution >= 0.6 is 11.3 Å². The van der Waals surface area contributed by atoms with Crippen LogP contribution in [-0.4, -0.2) is 43.9 Å². The van der Waals surface area contributed by atoms with Gasteiger partial charge in [-0.2, -0.15) is 0 Å². The van der Waals surface area contributed by atoms with Crippen molar-refractivity contribution in [2.24, 2.45) is 4.99 Å². The zero-order valence-corrected chi connectivity index (χ0v) is 18.1. The van der Waals surface area contributed by atoms with Crippen molar-refractivity contribution in [1.29, 1.82) is 0 Å².